The fourth-order valence-electron chi connectivity index (χ4n) is 23.1. The molecule has 0 radical (unpaired) electrons. The quantitative estimate of drug-likeness (QED) is 0.0741. The van der Waals surface area contributed by atoms with Crippen LogP contribution in [0.3, 0.4) is 0 Å². The highest BCUT2D eigenvalue weighted by Gasteiger charge is 2.47. The standard InChI is InChI=1S/C122H77N11O2Si2/c1-5-30-83(31-6-1)136(84-32-7-2-8-33-84,89-66-69-112-96(76-89)93-41-17-27-53-110(93)134-112)87-62-56-77(57-63-87)82-73-115(127-117(75-82)132-107-51-25-23-49-105(107)129-104-48-22-18-44-99(104)124-121(129)132)131-103-47-21-15-42-95(103)118-97-70-79(60-67-98(97)123-120(118)131)80-61-68-100-109(71-80)130-106-50-24-26-52-108(106)133(122(130)125-100)116-74-81(72-114(126-116)128-101-45-19-13-38-90(101)91-39-14-20-46-102(91)128)78-58-64-88(65-59-78)137(85-34-9-3-10-35-85,86-36-11-4-12-37-86)113-55-29-43-94-92-40-16-28-54-111(92)135-119(94)113/h1-76,118H. The average Bonchev–Trinajstić information content (AvgIpc) is 1.44. The highest BCUT2D eigenvalue weighted by atomic mass is 28.3. The molecule has 0 saturated carbocycles. The molecule has 2 aliphatic rings. The topological polar surface area (TPSA) is 117 Å². The van der Waals surface area contributed by atoms with E-state index in [-0.39, 0.29) is 5.92 Å². The summed E-state index contributed by atoms with van der Waals surface area (Å²) in [5.41, 5.74) is 23.8. The summed E-state index contributed by atoms with van der Waals surface area (Å²) in [6.07, 6.45) is 0. The minimum absolute atomic E-state index is 0.223. The lowest BCUT2D eigenvalue weighted by atomic mass is 9.91. The molecule has 18 aromatic carbocycles. The van der Waals surface area contributed by atoms with Gasteiger partial charge in [0.05, 0.1) is 72.5 Å². The molecule has 640 valence electrons. The van der Waals surface area contributed by atoms with E-state index in [9.17, 15) is 0 Å². The van der Waals surface area contributed by atoms with Gasteiger partial charge in [0.25, 0.3) is 0 Å². The van der Waals surface area contributed by atoms with Crippen molar-refractivity contribution in [3.8, 4) is 50.8 Å². The number of amidine groups is 1. The number of nitrogens with zero attached hydrogens (tertiary/aromatic N) is 11. The number of anilines is 2. The second kappa shape index (κ2) is 29.8. The molecule has 11 heterocycles. The molecule has 137 heavy (non-hydrogen) atoms. The lowest BCUT2D eigenvalue weighted by molar-refractivity contribution is 0.669. The first-order chi connectivity index (χ1) is 67.9. The highest BCUT2D eigenvalue weighted by molar-refractivity contribution is 7.21. The summed E-state index contributed by atoms with van der Waals surface area (Å²) < 4.78 is 25.0. The van der Waals surface area contributed by atoms with E-state index in [0.29, 0.717) is 0 Å². The molecule has 29 rings (SSSR count). The van der Waals surface area contributed by atoms with Crippen molar-refractivity contribution in [3.05, 3.63) is 472 Å². The van der Waals surface area contributed by atoms with Crippen LogP contribution in [0, 0.1) is 0 Å². The summed E-state index contributed by atoms with van der Waals surface area (Å²) in [5, 5.41) is 16.8. The van der Waals surface area contributed by atoms with Crippen molar-refractivity contribution in [2.75, 3.05) is 4.90 Å². The molecule has 0 fully saturated rings. The van der Waals surface area contributed by atoms with Crippen LogP contribution < -0.4 is 46.4 Å². The third kappa shape index (κ3) is 11.3. The molecule has 0 saturated heterocycles. The minimum Gasteiger partial charge on any atom is -0.456 e. The van der Waals surface area contributed by atoms with Crippen LogP contribution >= 0.6 is 0 Å². The van der Waals surface area contributed by atoms with Crippen LogP contribution in [0.4, 0.5) is 17.2 Å². The van der Waals surface area contributed by atoms with Gasteiger partial charge in [0.15, 0.2) is 16.1 Å². The maximum atomic E-state index is 7.05. The molecular weight excluding hydrogens is 1710 g/mol. The van der Waals surface area contributed by atoms with Crippen molar-refractivity contribution in [1.82, 2.24) is 42.4 Å². The Kier molecular flexibility index (Phi) is 16.7. The predicted molar refractivity (Wildman–Crippen MR) is 565 cm³/mol. The van der Waals surface area contributed by atoms with Crippen LogP contribution in [-0.2, 0) is 0 Å². The first-order valence-electron chi connectivity index (χ1n) is 46.6. The molecule has 1 unspecified atom stereocenters. The number of imidazole rings is 4. The van der Waals surface area contributed by atoms with Crippen LogP contribution in [-0.4, -0.2) is 64.4 Å². The smallest absolute Gasteiger partial charge is 0.221 e. The zero-order valence-corrected chi connectivity index (χ0v) is 75.7. The molecule has 0 amide bonds. The summed E-state index contributed by atoms with van der Waals surface area (Å²) in [6, 6.07) is 168. The van der Waals surface area contributed by atoms with Crippen molar-refractivity contribution >= 4 is 202 Å². The van der Waals surface area contributed by atoms with E-state index in [1.165, 1.54) is 41.5 Å². The number of aromatic nitrogens is 9. The summed E-state index contributed by atoms with van der Waals surface area (Å²) in [4.78, 5) is 30.9. The van der Waals surface area contributed by atoms with Gasteiger partial charge < -0.3 is 8.83 Å². The fourth-order valence-corrected chi connectivity index (χ4v) is 32.7. The lowest BCUT2D eigenvalue weighted by Gasteiger charge is -2.34. The summed E-state index contributed by atoms with van der Waals surface area (Å²) >= 11 is 0. The molecule has 27 aromatic rings. The van der Waals surface area contributed by atoms with Crippen molar-refractivity contribution in [3.63, 3.8) is 0 Å². The number of rotatable bonds is 15. The Hall–Kier alpha value is -17.9. The maximum absolute atomic E-state index is 7.05. The third-order valence-corrected chi connectivity index (χ3v) is 38.6. The molecule has 2 aliphatic heterocycles. The monoisotopic (exact) mass is 1780 g/mol. The maximum Gasteiger partial charge on any atom is 0.221 e. The summed E-state index contributed by atoms with van der Waals surface area (Å²) in [6.45, 7) is 0. The molecule has 0 aliphatic carbocycles. The van der Waals surface area contributed by atoms with Gasteiger partial charge in [-0.1, -0.05) is 340 Å². The second-order valence-electron chi connectivity index (χ2n) is 36.1. The minimum atomic E-state index is -3.17. The van der Waals surface area contributed by atoms with E-state index in [1.807, 2.05) is 6.07 Å². The van der Waals surface area contributed by atoms with Crippen LogP contribution in [0.2, 0.25) is 0 Å². The molecule has 0 spiro atoms. The van der Waals surface area contributed by atoms with E-state index < -0.39 is 16.1 Å². The molecule has 0 N–H and O–H groups in total. The molecular formula is C122H77N11O2Si2. The van der Waals surface area contributed by atoms with Gasteiger partial charge in [0, 0.05) is 32.3 Å². The van der Waals surface area contributed by atoms with Gasteiger partial charge in [0.1, 0.15) is 51.4 Å². The Bertz CT molecular complexity index is 9580. The number of fused-ring (bicyclic) bond motifs is 24. The molecule has 0 bridgehead atoms. The van der Waals surface area contributed by atoms with Crippen molar-refractivity contribution < 1.29 is 8.83 Å². The van der Waals surface area contributed by atoms with E-state index in [0.717, 1.165) is 206 Å². The number of benzene rings is 18. The second-order valence-corrected chi connectivity index (χ2v) is 43.7. The zero-order chi connectivity index (χ0) is 89.7. The normalized spacial score (nSPS) is 13.4. The van der Waals surface area contributed by atoms with Crippen LogP contribution in [0.5, 0.6) is 0 Å². The average molecular weight is 1790 g/mol. The van der Waals surface area contributed by atoms with Gasteiger partial charge in [-0.25, -0.2) is 24.9 Å². The van der Waals surface area contributed by atoms with Gasteiger partial charge in [-0.3, -0.25) is 27.4 Å². The number of hydrogen-bond acceptors (Lipinski definition) is 8. The fraction of sp³-hybridized carbons (Fsp3) is 0.00820. The zero-order valence-electron chi connectivity index (χ0n) is 73.7. The lowest BCUT2D eigenvalue weighted by Crippen LogP contribution is -2.74. The Labute approximate surface area is 786 Å². The van der Waals surface area contributed by atoms with Crippen LogP contribution in [0.15, 0.2) is 475 Å². The molecule has 1 atom stereocenters. The first kappa shape index (κ1) is 76.8. The van der Waals surface area contributed by atoms with E-state index in [1.54, 1.807) is 0 Å². The molecule has 9 aromatic heterocycles. The Morgan fingerprint density at radius 2 is 0.657 bits per heavy atom. The third-order valence-electron chi connectivity index (χ3n) is 29.0. The van der Waals surface area contributed by atoms with Crippen molar-refractivity contribution in [1.29, 1.82) is 0 Å². The van der Waals surface area contributed by atoms with Crippen molar-refractivity contribution in [2.45, 2.75) is 5.92 Å². The number of furan rings is 2. The Morgan fingerprint density at radius 1 is 0.234 bits per heavy atom. The van der Waals surface area contributed by atoms with E-state index >= 15 is 0 Å². The number of hydrogen-bond donors (Lipinski definition) is 0. The number of pyridine rings is 2. The molecule has 13 nitrogen and oxygen atoms in total. The van der Waals surface area contributed by atoms with Gasteiger partial charge in [-0.15, -0.1) is 0 Å². The van der Waals surface area contributed by atoms with E-state index in [2.05, 4.69) is 482 Å². The predicted octanol–water partition coefficient (Wildman–Crippen LogP) is 23.9. The number of aliphatic imine (C=N–C) groups is 1. The SMILES string of the molecule is c1ccc([Si](c2ccccc2)(c2ccc(-c3cc(N4C5=Nc6ccc(-c7ccc8nc9n(-c%10cc(-c%11ccc([Si](c%12ccccc%12)(c%12ccccc%12)c%12cccc%13c%12oc%12ccccc%12%13)cc%11)cc(-n%11c%12ccccc%12c%12ccccc%12%11)n%10)c%10ccccc%10n9c8c7)cc6C5c5ccccc54)nc(-n4c5ccccc5n5c6ccccc6nc45)c3)cc2)c2ccc3oc4ccccc4c3c2)cc1. The Morgan fingerprint density at radius 3 is 1.27 bits per heavy atom. The highest BCUT2D eigenvalue weighted by Crippen LogP contribution is 2.53. The largest absolute Gasteiger partial charge is 0.456 e. The molecule has 15 heteroatoms. The van der Waals surface area contributed by atoms with Crippen molar-refractivity contribution in [2.24, 2.45) is 4.99 Å². The first-order valence-corrected chi connectivity index (χ1v) is 50.6. The van der Waals surface area contributed by atoms with Crippen LogP contribution in [0.25, 0.3) is 172 Å². The van der Waals surface area contributed by atoms with Gasteiger partial charge >= 0.3 is 0 Å². The van der Waals surface area contributed by atoms with Gasteiger partial charge in [-0.2, -0.15) is 0 Å². The summed E-state index contributed by atoms with van der Waals surface area (Å²) in [7, 11) is -6.25. The number of para-hydroxylation sites is 12. The Balaban J connectivity index is 0.563. The summed E-state index contributed by atoms with van der Waals surface area (Å²) in [5.74, 6) is 5.17. The van der Waals surface area contributed by atoms with Gasteiger partial charge in [-0.05, 0) is 207 Å². The van der Waals surface area contributed by atoms with Crippen LogP contribution in [0.1, 0.15) is 17.0 Å². The van der Waals surface area contributed by atoms with E-state index in [4.69, 9.17) is 33.8 Å². The van der Waals surface area contributed by atoms with Gasteiger partial charge in [0.2, 0.25) is 11.6 Å².